The lowest BCUT2D eigenvalue weighted by atomic mass is 10.1. The zero-order valence-electron chi connectivity index (χ0n) is 11.4. The lowest BCUT2D eigenvalue weighted by molar-refractivity contribution is 0.0946. The van der Waals surface area contributed by atoms with Crippen LogP contribution in [0.4, 0.5) is 10.9 Å². The van der Waals surface area contributed by atoms with Crippen LogP contribution in [-0.2, 0) is 0 Å². The van der Waals surface area contributed by atoms with E-state index in [0.717, 1.165) is 17.9 Å². The van der Waals surface area contributed by atoms with Crippen molar-refractivity contribution >= 4 is 40.0 Å². The molecule has 0 saturated carbocycles. The maximum Gasteiger partial charge on any atom is 0.265 e. The molecule has 1 aromatic rings. The van der Waals surface area contributed by atoms with Gasteiger partial charge in [0.05, 0.1) is 0 Å². The summed E-state index contributed by atoms with van der Waals surface area (Å²) in [6.07, 6.45) is 1.03. The average Bonchev–Trinajstić information content (AvgIpc) is 2.85. The molecule has 1 unspecified atom stereocenters. The van der Waals surface area contributed by atoms with Gasteiger partial charge in [-0.15, -0.1) is 0 Å². The minimum Gasteiger partial charge on any atom is -0.382 e. The molecule has 2 rings (SSSR count). The molecule has 0 spiro atoms. The molecule has 1 aliphatic heterocycles. The summed E-state index contributed by atoms with van der Waals surface area (Å²) in [5.74, 6) is 2.29. The smallest absolute Gasteiger partial charge is 0.265 e. The number of rotatable bonds is 3. The van der Waals surface area contributed by atoms with Crippen LogP contribution in [0.2, 0.25) is 0 Å². The van der Waals surface area contributed by atoms with E-state index in [1.165, 1.54) is 11.3 Å². The van der Waals surface area contributed by atoms with E-state index < -0.39 is 0 Å². The maximum atomic E-state index is 12.1. The molecular formula is C12H20N4OS2. The Bertz CT molecular complexity index is 461. The molecular weight excluding hydrogens is 280 g/mol. The zero-order chi connectivity index (χ0) is 14.0. The van der Waals surface area contributed by atoms with E-state index in [2.05, 4.69) is 15.6 Å². The fourth-order valence-electron chi connectivity index (χ4n) is 1.77. The van der Waals surface area contributed by atoms with Crippen LogP contribution in [0, 0.1) is 0 Å². The number of hydrogen-bond donors (Lipinski definition) is 3. The molecule has 1 saturated heterocycles. The summed E-state index contributed by atoms with van der Waals surface area (Å²) in [7, 11) is 0. The summed E-state index contributed by atoms with van der Waals surface area (Å²) >= 11 is 3.18. The Kier molecular flexibility index (Phi) is 4.25. The van der Waals surface area contributed by atoms with Gasteiger partial charge in [0.1, 0.15) is 10.7 Å². The van der Waals surface area contributed by atoms with Crippen LogP contribution in [0.5, 0.6) is 0 Å². The number of carbonyl (C=O) groups is 1. The summed E-state index contributed by atoms with van der Waals surface area (Å²) in [6, 6.07) is 0.262. The van der Waals surface area contributed by atoms with Gasteiger partial charge in [-0.05, 0) is 32.9 Å². The summed E-state index contributed by atoms with van der Waals surface area (Å²) in [6.45, 7) is 6.13. The van der Waals surface area contributed by atoms with E-state index >= 15 is 0 Å². The van der Waals surface area contributed by atoms with Crippen molar-refractivity contribution in [3.8, 4) is 0 Å². The summed E-state index contributed by atoms with van der Waals surface area (Å²) in [5, 5.41) is 6.94. The number of thioether (sulfide) groups is 1. The third-order valence-corrected chi connectivity index (χ3v) is 4.75. The average molecular weight is 300 g/mol. The van der Waals surface area contributed by atoms with Gasteiger partial charge in [0, 0.05) is 17.3 Å². The molecule has 0 aliphatic carbocycles. The van der Waals surface area contributed by atoms with Gasteiger partial charge in [0.15, 0.2) is 5.13 Å². The first-order valence-electron chi connectivity index (χ1n) is 6.28. The molecule has 1 aliphatic rings. The second kappa shape index (κ2) is 5.58. The predicted molar refractivity (Wildman–Crippen MR) is 83.1 cm³/mol. The van der Waals surface area contributed by atoms with Crippen molar-refractivity contribution < 1.29 is 4.79 Å². The Morgan fingerprint density at radius 1 is 1.47 bits per heavy atom. The molecule has 1 amide bonds. The SMILES string of the molecule is CC(C)(C)Nc1nc(N)c(C(=O)NC2CCSC2)s1. The van der Waals surface area contributed by atoms with Crippen LogP contribution < -0.4 is 16.4 Å². The summed E-state index contributed by atoms with van der Waals surface area (Å²) < 4.78 is 0. The minimum absolute atomic E-state index is 0.0971. The fourth-order valence-corrected chi connectivity index (χ4v) is 3.92. The van der Waals surface area contributed by atoms with Gasteiger partial charge in [0.2, 0.25) is 0 Å². The first-order valence-corrected chi connectivity index (χ1v) is 8.25. The first kappa shape index (κ1) is 14.5. The molecule has 7 heteroatoms. The third kappa shape index (κ3) is 4.01. The molecule has 0 radical (unpaired) electrons. The molecule has 4 N–H and O–H groups in total. The molecule has 1 atom stereocenters. The van der Waals surface area contributed by atoms with Gasteiger partial charge in [-0.3, -0.25) is 4.79 Å². The van der Waals surface area contributed by atoms with Crippen molar-refractivity contribution in [3.05, 3.63) is 4.88 Å². The lowest BCUT2D eigenvalue weighted by Crippen LogP contribution is -2.34. The van der Waals surface area contributed by atoms with Gasteiger partial charge in [-0.1, -0.05) is 11.3 Å². The van der Waals surface area contributed by atoms with Crippen LogP contribution in [0.15, 0.2) is 0 Å². The molecule has 19 heavy (non-hydrogen) atoms. The molecule has 0 aromatic carbocycles. The number of amides is 1. The number of thiazole rings is 1. The number of carbonyl (C=O) groups excluding carboxylic acids is 1. The van der Waals surface area contributed by atoms with Gasteiger partial charge in [0.25, 0.3) is 5.91 Å². The van der Waals surface area contributed by atoms with Crippen molar-refractivity contribution in [1.82, 2.24) is 10.3 Å². The van der Waals surface area contributed by atoms with Crippen LogP contribution in [0.1, 0.15) is 36.9 Å². The highest BCUT2D eigenvalue weighted by molar-refractivity contribution is 7.99. The van der Waals surface area contributed by atoms with Crippen molar-refractivity contribution in [2.45, 2.75) is 38.8 Å². The summed E-state index contributed by atoms with van der Waals surface area (Å²) in [4.78, 5) is 16.9. The number of aromatic nitrogens is 1. The van der Waals surface area contributed by atoms with Crippen molar-refractivity contribution in [2.24, 2.45) is 0 Å². The highest BCUT2D eigenvalue weighted by Crippen LogP contribution is 2.27. The monoisotopic (exact) mass is 300 g/mol. The molecule has 2 heterocycles. The van der Waals surface area contributed by atoms with E-state index in [4.69, 9.17) is 5.73 Å². The Balaban J connectivity index is 2.04. The second-order valence-corrected chi connectivity index (χ2v) is 7.79. The van der Waals surface area contributed by atoms with Crippen LogP contribution in [-0.4, -0.2) is 34.0 Å². The number of nitrogens with one attached hydrogen (secondary N) is 2. The molecule has 1 fully saturated rings. The van der Waals surface area contributed by atoms with Crippen molar-refractivity contribution in [1.29, 1.82) is 0 Å². The summed E-state index contributed by atoms with van der Waals surface area (Å²) in [5.41, 5.74) is 5.73. The molecule has 1 aromatic heterocycles. The van der Waals surface area contributed by atoms with E-state index in [1.54, 1.807) is 0 Å². The van der Waals surface area contributed by atoms with Gasteiger partial charge in [-0.2, -0.15) is 11.8 Å². The number of hydrogen-bond acceptors (Lipinski definition) is 6. The highest BCUT2D eigenvalue weighted by atomic mass is 32.2. The number of nitrogen functional groups attached to an aromatic ring is 1. The highest BCUT2D eigenvalue weighted by Gasteiger charge is 2.23. The number of nitrogens with zero attached hydrogens (tertiary/aromatic N) is 1. The zero-order valence-corrected chi connectivity index (χ0v) is 13.1. The maximum absolute atomic E-state index is 12.1. The van der Waals surface area contributed by atoms with Crippen LogP contribution in [0.25, 0.3) is 0 Å². The van der Waals surface area contributed by atoms with Gasteiger partial charge in [-0.25, -0.2) is 4.98 Å². The Hall–Kier alpha value is -0.950. The van der Waals surface area contributed by atoms with E-state index in [-0.39, 0.29) is 17.5 Å². The fraction of sp³-hybridized carbons (Fsp3) is 0.667. The first-order chi connectivity index (χ1) is 8.85. The van der Waals surface area contributed by atoms with Gasteiger partial charge >= 0.3 is 0 Å². The molecule has 5 nitrogen and oxygen atoms in total. The Morgan fingerprint density at radius 3 is 2.79 bits per heavy atom. The number of nitrogens with two attached hydrogens (primary N) is 1. The Morgan fingerprint density at radius 2 is 2.21 bits per heavy atom. The quantitative estimate of drug-likeness (QED) is 0.797. The van der Waals surface area contributed by atoms with Gasteiger partial charge < -0.3 is 16.4 Å². The van der Waals surface area contributed by atoms with Crippen LogP contribution in [0.3, 0.4) is 0 Å². The predicted octanol–water partition coefficient (Wildman–Crippen LogP) is 2.17. The lowest BCUT2D eigenvalue weighted by Gasteiger charge is -2.19. The van der Waals surface area contributed by atoms with E-state index in [9.17, 15) is 4.79 Å². The van der Waals surface area contributed by atoms with Crippen molar-refractivity contribution in [2.75, 3.05) is 22.6 Å². The van der Waals surface area contributed by atoms with E-state index in [0.29, 0.717) is 15.8 Å². The normalized spacial score (nSPS) is 19.4. The topological polar surface area (TPSA) is 80.0 Å². The third-order valence-electron chi connectivity index (χ3n) is 2.61. The number of anilines is 2. The second-order valence-electron chi connectivity index (χ2n) is 5.64. The standard InChI is InChI=1S/C12H20N4OS2/c1-12(2,3)16-11-15-9(13)8(19-11)10(17)14-7-4-5-18-6-7/h7H,4-6,13H2,1-3H3,(H,14,17)(H,15,16). The molecule has 0 bridgehead atoms. The van der Waals surface area contributed by atoms with Crippen molar-refractivity contribution in [3.63, 3.8) is 0 Å². The minimum atomic E-state index is -0.107. The largest absolute Gasteiger partial charge is 0.382 e. The molecule has 106 valence electrons. The Labute approximate surface area is 121 Å². The van der Waals surface area contributed by atoms with E-state index in [1.807, 2.05) is 32.5 Å². The van der Waals surface area contributed by atoms with Crippen LogP contribution >= 0.6 is 23.1 Å².